The van der Waals surface area contributed by atoms with Crippen LogP contribution in [0.2, 0.25) is 5.02 Å². The molecular formula is C26H28ClN5O2. The highest BCUT2D eigenvalue weighted by atomic mass is 35.5. The molecule has 0 unspecified atom stereocenters. The van der Waals surface area contributed by atoms with Crippen molar-refractivity contribution in [3.8, 4) is 17.0 Å². The van der Waals surface area contributed by atoms with Crippen molar-refractivity contribution in [3.05, 3.63) is 77.3 Å². The van der Waals surface area contributed by atoms with Gasteiger partial charge in [0.2, 0.25) is 0 Å². The SMILES string of the molecule is COc1cc(CO)c(-c2cn3ccc(N4CCCN(Cc5ccncc5)CC4)cc3n2)cc1Cl. The van der Waals surface area contributed by atoms with Gasteiger partial charge in [-0.2, -0.15) is 0 Å². The van der Waals surface area contributed by atoms with Crippen LogP contribution in [-0.2, 0) is 13.2 Å². The summed E-state index contributed by atoms with van der Waals surface area (Å²) in [5.74, 6) is 0.541. The van der Waals surface area contributed by atoms with E-state index in [1.807, 2.05) is 29.2 Å². The summed E-state index contributed by atoms with van der Waals surface area (Å²) in [6.07, 6.45) is 8.84. The number of pyridine rings is 2. The Morgan fingerprint density at radius 3 is 2.71 bits per heavy atom. The van der Waals surface area contributed by atoms with Crippen LogP contribution in [0.1, 0.15) is 17.5 Å². The van der Waals surface area contributed by atoms with Crippen LogP contribution in [0, 0.1) is 0 Å². The molecule has 0 aliphatic carbocycles. The molecule has 1 fully saturated rings. The van der Waals surface area contributed by atoms with Gasteiger partial charge in [0.05, 0.1) is 24.4 Å². The summed E-state index contributed by atoms with van der Waals surface area (Å²) in [6, 6.07) is 12.0. The number of halogens is 1. The van der Waals surface area contributed by atoms with Gasteiger partial charge in [0, 0.05) is 74.8 Å². The molecule has 0 saturated carbocycles. The van der Waals surface area contributed by atoms with E-state index in [2.05, 4.69) is 39.0 Å². The van der Waals surface area contributed by atoms with Crippen molar-refractivity contribution in [2.75, 3.05) is 38.2 Å². The van der Waals surface area contributed by atoms with E-state index in [-0.39, 0.29) is 6.61 Å². The van der Waals surface area contributed by atoms with E-state index >= 15 is 0 Å². The Hall–Kier alpha value is -3.13. The standard InChI is InChI=1S/C26H28ClN5O2/c1-34-25-13-20(18-33)22(15-23(25)27)24-17-32-10-5-21(14-26(32)29-24)31-9-2-8-30(11-12-31)16-19-3-6-28-7-4-19/h3-7,10,13-15,17,33H,2,8-9,11-12,16,18H2,1H3. The fourth-order valence-electron chi connectivity index (χ4n) is 4.55. The molecule has 1 aromatic carbocycles. The quantitative estimate of drug-likeness (QED) is 0.447. The molecule has 176 valence electrons. The van der Waals surface area contributed by atoms with E-state index in [1.165, 1.54) is 11.3 Å². The second-order valence-corrected chi connectivity index (χ2v) is 8.96. The van der Waals surface area contributed by atoms with Crippen LogP contribution in [0.25, 0.3) is 16.9 Å². The highest BCUT2D eigenvalue weighted by Crippen LogP contribution is 2.34. The number of aliphatic hydroxyl groups excluding tert-OH is 1. The Labute approximate surface area is 204 Å². The van der Waals surface area contributed by atoms with Crippen molar-refractivity contribution < 1.29 is 9.84 Å². The monoisotopic (exact) mass is 477 g/mol. The average molecular weight is 478 g/mol. The van der Waals surface area contributed by atoms with Gasteiger partial charge in [0.15, 0.2) is 0 Å². The first kappa shape index (κ1) is 22.7. The van der Waals surface area contributed by atoms with Crippen LogP contribution in [0.3, 0.4) is 0 Å². The fraction of sp³-hybridized carbons (Fsp3) is 0.308. The summed E-state index contributed by atoms with van der Waals surface area (Å²) >= 11 is 6.36. The number of ether oxygens (including phenoxy) is 1. The molecule has 1 saturated heterocycles. The molecule has 5 rings (SSSR count). The lowest BCUT2D eigenvalue weighted by Crippen LogP contribution is -2.30. The van der Waals surface area contributed by atoms with Crippen LogP contribution in [0.5, 0.6) is 5.75 Å². The molecule has 0 bridgehead atoms. The van der Waals surface area contributed by atoms with Crippen molar-refractivity contribution in [3.63, 3.8) is 0 Å². The maximum atomic E-state index is 9.87. The van der Waals surface area contributed by atoms with E-state index in [1.54, 1.807) is 19.2 Å². The first-order valence-corrected chi connectivity index (χ1v) is 11.8. The number of fused-ring (bicyclic) bond motifs is 1. The third-order valence-corrected chi connectivity index (χ3v) is 6.67. The molecule has 0 atom stereocenters. The van der Waals surface area contributed by atoms with Gasteiger partial charge in [-0.05, 0) is 47.9 Å². The van der Waals surface area contributed by atoms with Gasteiger partial charge in [-0.3, -0.25) is 9.88 Å². The zero-order valence-corrected chi connectivity index (χ0v) is 19.9. The predicted molar refractivity (Wildman–Crippen MR) is 134 cm³/mol. The molecule has 0 spiro atoms. The number of aromatic nitrogens is 3. The summed E-state index contributed by atoms with van der Waals surface area (Å²) in [7, 11) is 1.57. The number of nitrogens with zero attached hydrogens (tertiary/aromatic N) is 5. The van der Waals surface area contributed by atoms with Crippen LogP contribution in [-0.4, -0.2) is 57.7 Å². The number of hydrogen-bond donors (Lipinski definition) is 1. The predicted octanol–water partition coefficient (Wildman–Crippen LogP) is 4.26. The summed E-state index contributed by atoms with van der Waals surface area (Å²) in [5, 5.41) is 10.4. The van der Waals surface area contributed by atoms with Crippen LogP contribution >= 0.6 is 11.6 Å². The molecule has 0 amide bonds. The molecule has 1 aliphatic rings. The van der Waals surface area contributed by atoms with Crippen molar-refractivity contribution >= 4 is 22.9 Å². The Balaban J connectivity index is 1.36. The van der Waals surface area contributed by atoms with Gasteiger partial charge in [0.25, 0.3) is 0 Å². The van der Waals surface area contributed by atoms with E-state index in [9.17, 15) is 5.11 Å². The minimum Gasteiger partial charge on any atom is -0.495 e. The van der Waals surface area contributed by atoms with Gasteiger partial charge in [0.1, 0.15) is 11.4 Å². The van der Waals surface area contributed by atoms with E-state index in [0.717, 1.165) is 61.6 Å². The molecule has 34 heavy (non-hydrogen) atoms. The molecule has 7 nitrogen and oxygen atoms in total. The maximum absolute atomic E-state index is 9.87. The lowest BCUT2D eigenvalue weighted by Gasteiger charge is -2.23. The Morgan fingerprint density at radius 2 is 1.91 bits per heavy atom. The van der Waals surface area contributed by atoms with Crippen molar-refractivity contribution in [1.82, 2.24) is 19.3 Å². The normalized spacial score (nSPS) is 15.0. The lowest BCUT2D eigenvalue weighted by molar-refractivity contribution is 0.281. The minimum atomic E-state index is -0.119. The molecule has 0 radical (unpaired) electrons. The topological polar surface area (TPSA) is 66.1 Å². The minimum absolute atomic E-state index is 0.119. The zero-order chi connectivity index (χ0) is 23.5. The van der Waals surface area contributed by atoms with Crippen LogP contribution < -0.4 is 9.64 Å². The first-order chi connectivity index (χ1) is 16.6. The number of hydrogen-bond acceptors (Lipinski definition) is 6. The number of methoxy groups -OCH3 is 1. The second kappa shape index (κ2) is 10.0. The van der Waals surface area contributed by atoms with Gasteiger partial charge in [-0.1, -0.05) is 11.6 Å². The average Bonchev–Trinajstić information content (AvgIpc) is 3.15. The van der Waals surface area contributed by atoms with Crippen LogP contribution in [0.4, 0.5) is 5.69 Å². The van der Waals surface area contributed by atoms with E-state index in [0.29, 0.717) is 10.8 Å². The zero-order valence-electron chi connectivity index (χ0n) is 19.2. The van der Waals surface area contributed by atoms with E-state index < -0.39 is 0 Å². The van der Waals surface area contributed by atoms with Gasteiger partial charge in [-0.15, -0.1) is 0 Å². The molecule has 8 heteroatoms. The van der Waals surface area contributed by atoms with Gasteiger partial charge >= 0.3 is 0 Å². The highest BCUT2D eigenvalue weighted by Gasteiger charge is 2.17. The number of anilines is 1. The molecule has 1 N–H and O–H groups in total. The number of imidazole rings is 1. The van der Waals surface area contributed by atoms with Crippen molar-refractivity contribution in [2.45, 2.75) is 19.6 Å². The van der Waals surface area contributed by atoms with Crippen molar-refractivity contribution in [1.29, 1.82) is 0 Å². The molecule has 3 aromatic heterocycles. The molecular weight excluding hydrogens is 450 g/mol. The van der Waals surface area contributed by atoms with Gasteiger partial charge in [-0.25, -0.2) is 4.98 Å². The van der Waals surface area contributed by atoms with Crippen molar-refractivity contribution in [2.24, 2.45) is 0 Å². The molecule has 4 aromatic rings. The second-order valence-electron chi connectivity index (χ2n) is 8.55. The van der Waals surface area contributed by atoms with Crippen LogP contribution in [0.15, 0.2) is 61.2 Å². The van der Waals surface area contributed by atoms with E-state index in [4.69, 9.17) is 21.3 Å². The largest absolute Gasteiger partial charge is 0.495 e. The Bertz CT molecular complexity index is 1280. The molecule has 1 aliphatic heterocycles. The number of benzene rings is 1. The molecule has 4 heterocycles. The maximum Gasteiger partial charge on any atom is 0.139 e. The smallest absolute Gasteiger partial charge is 0.139 e. The summed E-state index contributed by atoms with van der Waals surface area (Å²) < 4.78 is 7.30. The third kappa shape index (κ3) is 4.73. The lowest BCUT2D eigenvalue weighted by atomic mass is 10.1. The first-order valence-electron chi connectivity index (χ1n) is 11.5. The fourth-order valence-corrected chi connectivity index (χ4v) is 4.79. The Kier molecular flexibility index (Phi) is 6.67. The third-order valence-electron chi connectivity index (χ3n) is 6.38. The number of aliphatic hydroxyl groups is 1. The summed E-state index contributed by atoms with van der Waals surface area (Å²) in [6.45, 7) is 4.91. The van der Waals surface area contributed by atoms with Gasteiger partial charge < -0.3 is 19.1 Å². The summed E-state index contributed by atoms with van der Waals surface area (Å²) in [4.78, 5) is 13.9. The number of rotatable bonds is 6. The Morgan fingerprint density at radius 1 is 1.06 bits per heavy atom. The summed E-state index contributed by atoms with van der Waals surface area (Å²) in [5.41, 5.74) is 5.64. The highest BCUT2D eigenvalue weighted by molar-refractivity contribution is 6.32.